The van der Waals surface area contributed by atoms with E-state index in [0.717, 1.165) is 6.54 Å². The van der Waals surface area contributed by atoms with Gasteiger partial charge in [-0.25, -0.2) is 0 Å². The fraction of sp³-hybridized carbons (Fsp3) is 0.400. The van der Waals surface area contributed by atoms with Gasteiger partial charge in [-0.15, -0.1) is 6.42 Å². The van der Waals surface area contributed by atoms with Gasteiger partial charge in [-0.05, 0) is 12.0 Å². The Labute approximate surface area is 107 Å². The fourth-order valence-corrected chi connectivity index (χ4v) is 0.896. The monoisotopic (exact) mass is 297 g/mol. The Balaban J connectivity index is 0. The highest BCUT2D eigenvalue weighted by Gasteiger charge is 2.11. The summed E-state index contributed by atoms with van der Waals surface area (Å²) in [4.78, 5) is 0. The Morgan fingerprint density at radius 2 is 2.00 bits per heavy atom. The van der Waals surface area contributed by atoms with Gasteiger partial charge in [0.1, 0.15) is 6.54 Å². The molecule has 0 radical (unpaired) electrons. The van der Waals surface area contributed by atoms with Gasteiger partial charge in [0.15, 0.2) is 0 Å². The molecular formula is C10H14BrCl2N. The van der Waals surface area contributed by atoms with E-state index in [9.17, 15) is 0 Å². The van der Waals surface area contributed by atoms with Crippen molar-refractivity contribution in [1.29, 1.82) is 0 Å². The number of quaternary nitrogens is 1. The van der Waals surface area contributed by atoms with Crippen molar-refractivity contribution in [2.75, 3.05) is 27.2 Å². The zero-order valence-electron chi connectivity index (χ0n) is 8.36. The van der Waals surface area contributed by atoms with Crippen LogP contribution in [0, 0.1) is 12.3 Å². The highest BCUT2D eigenvalue weighted by atomic mass is 79.9. The van der Waals surface area contributed by atoms with Gasteiger partial charge in [-0.3, -0.25) is 0 Å². The smallest absolute Gasteiger partial charge is 0.140 e. The molecule has 0 aliphatic carbocycles. The third kappa shape index (κ3) is 7.46. The lowest BCUT2D eigenvalue weighted by Crippen LogP contribution is -3.00. The average Bonchev–Trinajstić information content (AvgIpc) is 2.00. The molecule has 0 atom stereocenters. The fourth-order valence-electron chi connectivity index (χ4n) is 0.750. The zero-order chi connectivity index (χ0) is 10.5. The SMILES string of the molecule is C#CC[N+](C)(C)C/C=C(\Cl)C(=C)Cl.[Br-]. The summed E-state index contributed by atoms with van der Waals surface area (Å²) in [5.74, 6) is 2.61. The van der Waals surface area contributed by atoms with E-state index in [4.69, 9.17) is 29.6 Å². The van der Waals surface area contributed by atoms with E-state index in [2.05, 4.69) is 12.5 Å². The molecule has 0 aliphatic rings. The summed E-state index contributed by atoms with van der Waals surface area (Å²) in [6.45, 7) is 4.93. The molecule has 0 aromatic rings. The van der Waals surface area contributed by atoms with Crippen LogP contribution in [0.3, 0.4) is 0 Å². The Morgan fingerprint density at radius 1 is 1.50 bits per heavy atom. The lowest BCUT2D eigenvalue weighted by molar-refractivity contribution is -0.877. The molecule has 0 saturated heterocycles. The van der Waals surface area contributed by atoms with E-state index in [1.165, 1.54) is 0 Å². The Hall–Kier alpha value is 0.0600. The average molecular weight is 299 g/mol. The minimum atomic E-state index is 0. The van der Waals surface area contributed by atoms with E-state index >= 15 is 0 Å². The molecule has 0 spiro atoms. The highest BCUT2D eigenvalue weighted by Crippen LogP contribution is 2.16. The van der Waals surface area contributed by atoms with Crippen LogP contribution < -0.4 is 17.0 Å². The van der Waals surface area contributed by atoms with Crippen LogP contribution in [0.1, 0.15) is 0 Å². The number of rotatable bonds is 4. The first kappa shape index (κ1) is 16.5. The molecule has 0 amide bonds. The maximum atomic E-state index is 5.79. The summed E-state index contributed by atoms with van der Waals surface area (Å²) in [5, 5.41) is 0.854. The van der Waals surface area contributed by atoms with Gasteiger partial charge in [-0.2, -0.15) is 0 Å². The summed E-state index contributed by atoms with van der Waals surface area (Å²) in [5.41, 5.74) is 0. The van der Waals surface area contributed by atoms with Gasteiger partial charge < -0.3 is 21.5 Å². The summed E-state index contributed by atoms with van der Waals surface area (Å²) in [7, 11) is 4.05. The van der Waals surface area contributed by atoms with E-state index in [1.54, 1.807) is 0 Å². The summed E-state index contributed by atoms with van der Waals surface area (Å²) in [6, 6.07) is 0. The van der Waals surface area contributed by atoms with Gasteiger partial charge in [0.25, 0.3) is 0 Å². The maximum Gasteiger partial charge on any atom is 0.140 e. The lowest BCUT2D eigenvalue weighted by atomic mass is 10.4. The second kappa shape index (κ2) is 7.36. The highest BCUT2D eigenvalue weighted by molar-refractivity contribution is 6.43. The second-order valence-electron chi connectivity index (χ2n) is 3.44. The van der Waals surface area contributed by atoms with Crippen molar-refractivity contribution in [3.8, 4) is 12.3 Å². The molecule has 0 unspecified atom stereocenters. The molecule has 0 rings (SSSR count). The third-order valence-corrected chi connectivity index (χ3v) is 2.23. The number of halogens is 3. The largest absolute Gasteiger partial charge is 1.00 e. The molecule has 0 N–H and O–H groups in total. The first-order valence-corrected chi connectivity index (χ1v) is 4.60. The van der Waals surface area contributed by atoms with Crippen molar-refractivity contribution in [2.24, 2.45) is 0 Å². The van der Waals surface area contributed by atoms with Crippen LogP contribution in [0.4, 0.5) is 0 Å². The van der Waals surface area contributed by atoms with Crippen molar-refractivity contribution in [3.05, 3.63) is 22.7 Å². The zero-order valence-corrected chi connectivity index (χ0v) is 11.5. The normalized spacial score (nSPS) is 11.5. The minimum Gasteiger partial charge on any atom is -1.00 e. The number of allylic oxidation sites excluding steroid dienone is 2. The third-order valence-electron chi connectivity index (χ3n) is 1.54. The molecule has 0 aliphatic heterocycles. The predicted molar refractivity (Wildman–Crippen MR) is 59.6 cm³/mol. The van der Waals surface area contributed by atoms with Crippen molar-refractivity contribution in [3.63, 3.8) is 0 Å². The van der Waals surface area contributed by atoms with E-state index < -0.39 is 0 Å². The van der Waals surface area contributed by atoms with E-state index in [1.807, 2.05) is 20.2 Å². The van der Waals surface area contributed by atoms with E-state index in [-0.39, 0.29) is 17.0 Å². The Morgan fingerprint density at radius 3 is 2.36 bits per heavy atom. The minimum absolute atomic E-state index is 0. The van der Waals surface area contributed by atoms with Gasteiger partial charge >= 0.3 is 0 Å². The number of nitrogens with zero attached hydrogens (tertiary/aromatic N) is 1. The van der Waals surface area contributed by atoms with Crippen molar-refractivity contribution >= 4 is 23.2 Å². The Bertz CT molecular complexity index is 264. The summed E-state index contributed by atoms with van der Waals surface area (Å²) >= 11 is 11.4. The van der Waals surface area contributed by atoms with Crippen LogP contribution in [0.2, 0.25) is 0 Å². The number of terminal acetylenes is 1. The molecule has 14 heavy (non-hydrogen) atoms. The van der Waals surface area contributed by atoms with Crippen LogP contribution in [-0.2, 0) is 0 Å². The Kier molecular flexibility index (Phi) is 8.67. The van der Waals surface area contributed by atoms with Gasteiger partial charge in [-0.1, -0.05) is 29.8 Å². The van der Waals surface area contributed by atoms with Crippen molar-refractivity contribution in [2.45, 2.75) is 0 Å². The molecule has 0 heterocycles. The number of hydrogen-bond donors (Lipinski definition) is 0. The van der Waals surface area contributed by atoms with Crippen LogP contribution in [0.25, 0.3) is 0 Å². The summed E-state index contributed by atoms with van der Waals surface area (Å²) in [6.07, 6.45) is 7.05. The molecule has 4 heteroatoms. The second-order valence-corrected chi connectivity index (χ2v) is 4.30. The molecule has 0 aromatic carbocycles. The molecule has 0 saturated carbocycles. The van der Waals surface area contributed by atoms with Crippen molar-refractivity contribution < 1.29 is 21.5 Å². The van der Waals surface area contributed by atoms with Crippen LogP contribution in [0.15, 0.2) is 22.7 Å². The summed E-state index contributed by atoms with van der Waals surface area (Å²) < 4.78 is 0.691. The predicted octanol–water partition coefficient (Wildman–Crippen LogP) is -0.425. The molecule has 0 fully saturated rings. The van der Waals surface area contributed by atoms with Crippen LogP contribution >= 0.6 is 23.2 Å². The molecule has 0 aromatic heterocycles. The standard InChI is InChI=1S/C10H14Cl2N.BrH/c1-5-7-13(3,4)8-6-10(12)9(2)11;/h1,6H,2,7-8H2,3-4H3;1H/q+1;/p-1/b10-6-;. The number of likely N-dealkylation sites (N-methyl/N-ethyl adjacent to an activating group) is 1. The maximum absolute atomic E-state index is 5.79. The molecular weight excluding hydrogens is 285 g/mol. The quantitative estimate of drug-likeness (QED) is 0.376. The van der Waals surface area contributed by atoms with Gasteiger partial charge in [0.05, 0.1) is 30.7 Å². The van der Waals surface area contributed by atoms with Gasteiger partial charge in [0, 0.05) is 0 Å². The van der Waals surface area contributed by atoms with E-state index in [0.29, 0.717) is 21.1 Å². The van der Waals surface area contributed by atoms with Crippen molar-refractivity contribution in [1.82, 2.24) is 0 Å². The molecule has 80 valence electrons. The number of hydrogen-bond acceptors (Lipinski definition) is 0. The van der Waals surface area contributed by atoms with Crippen LogP contribution in [-0.4, -0.2) is 31.7 Å². The lowest BCUT2D eigenvalue weighted by Gasteiger charge is -2.25. The molecule has 1 nitrogen and oxygen atoms in total. The van der Waals surface area contributed by atoms with Gasteiger partial charge in [0.2, 0.25) is 0 Å². The topological polar surface area (TPSA) is 0 Å². The molecule has 0 bridgehead atoms. The first-order valence-electron chi connectivity index (χ1n) is 3.85. The first-order chi connectivity index (χ1) is 5.89. The van der Waals surface area contributed by atoms with Crippen LogP contribution in [0.5, 0.6) is 0 Å².